The van der Waals surface area contributed by atoms with Gasteiger partial charge in [0.05, 0.1) is 14.2 Å². The van der Waals surface area contributed by atoms with Gasteiger partial charge in [-0.2, -0.15) is 0 Å². The van der Waals surface area contributed by atoms with Crippen molar-refractivity contribution >= 4 is 11.9 Å². The minimum absolute atomic E-state index is 0.0621. The van der Waals surface area contributed by atoms with Crippen molar-refractivity contribution in [1.82, 2.24) is 0 Å². The molecule has 0 aliphatic carbocycles. The molecule has 5 nitrogen and oxygen atoms in total. The molecular formula is C19H18O5. The molecule has 0 spiro atoms. The second-order valence-corrected chi connectivity index (χ2v) is 4.87. The molecule has 0 atom stereocenters. The molecule has 0 saturated heterocycles. The minimum atomic E-state index is -0.363. The lowest BCUT2D eigenvalue weighted by Gasteiger charge is -2.06. The lowest BCUT2D eigenvalue weighted by molar-refractivity contribution is 0.104. The molecule has 0 heterocycles. The third-order valence-electron chi connectivity index (χ3n) is 3.32. The third kappa shape index (κ3) is 3.95. The highest BCUT2D eigenvalue weighted by Gasteiger charge is 2.14. The van der Waals surface area contributed by atoms with Crippen molar-refractivity contribution in [3.05, 3.63) is 65.8 Å². The number of hydrogen-bond donors (Lipinski definition) is 2. The predicted octanol–water partition coefficient (Wildman–Crippen LogP) is 3.57. The number of carbonyl (C=O) groups is 1. The van der Waals surface area contributed by atoms with E-state index in [0.717, 1.165) is 5.56 Å². The van der Waals surface area contributed by atoms with E-state index >= 15 is 0 Å². The number of methoxy groups -OCH3 is 2. The molecule has 24 heavy (non-hydrogen) atoms. The summed E-state index contributed by atoms with van der Waals surface area (Å²) in [5.74, 6) is 0.259. The summed E-state index contributed by atoms with van der Waals surface area (Å²) < 4.78 is 10.1. The van der Waals surface area contributed by atoms with Gasteiger partial charge < -0.3 is 19.7 Å². The highest BCUT2D eigenvalue weighted by molar-refractivity contribution is 6.08. The van der Waals surface area contributed by atoms with E-state index in [4.69, 9.17) is 9.47 Å². The first-order chi connectivity index (χ1) is 11.6. The number of rotatable bonds is 6. The van der Waals surface area contributed by atoms with Crippen molar-refractivity contribution in [3.63, 3.8) is 0 Å². The fourth-order valence-electron chi connectivity index (χ4n) is 2.13. The Morgan fingerprint density at radius 3 is 2.42 bits per heavy atom. The zero-order valence-electron chi connectivity index (χ0n) is 13.4. The second-order valence-electron chi connectivity index (χ2n) is 4.87. The molecule has 0 saturated carbocycles. The van der Waals surface area contributed by atoms with E-state index < -0.39 is 0 Å². The zero-order valence-corrected chi connectivity index (χ0v) is 13.4. The van der Waals surface area contributed by atoms with Crippen LogP contribution in [0.15, 0.2) is 54.6 Å². The summed E-state index contributed by atoms with van der Waals surface area (Å²) in [6, 6.07) is 9.57. The van der Waals surface area contributed by atoms with Crippen LogP contribution < -0.4 is 9.47 Å². The fourth-order valence-corrected chi connectivity index (χ4v) is 2.13. The van der Waals surface area contributed by atoms with Crippen LogP contribution in [0.25, 0.3) is 6.08 Å². The van der Waals surface area contributed by atoms with E-state index in [1.165, 1.54) is 32.4 Å². The van der Waals surface area contributed by atoms with Crippen molar-refractivity contribution in [1.29, 1.82) is 0 Å². The minimum Gasteiger partial charge on any atom is -0.507 e. The van der Waals surface area contributed by atoms with Crippen LogP contribution in [0.5, 0.6) is 23.0 Å². The smallest absolute Gasteiger partial charge is 0.193 e. The van der Waals surface area contributed by atoms with E-state index in [1.807, 2.05) is 0 Å². The number of phenols is 2. The maximum absolute atomic E-state index is 12.2. The van der Waals surface area contributed by atoms with E-state index in [9.17, 15) is 15.0 Å². The van der Waals surface area contributed by atoms with Crippen LogP contribution in [-0.2, 0) is 0 Å². The third-order valence-corrected chi connectivity index (χ3v) is 3.32. The van der Waals surface area contributed by atoms with Crippen molar-refractivity contribution in [2.24, 2.45) is 0 Å². The molecule has 5 heteroatoms. The number of ketones is 1. The number of carbonyl (C=O) groups excluding carboxylic acids is 1. The van der Waals surface area contributed by atoms with Crippen LogP contribution in [0, 0.1) is 0 Å². The van der Waals surface area contributed by atoms with Gasteiger partial charge in [0.15, 0.2) is 17.3 Å². The molecule has 0 radical (unpaired) electrons. The van der Waals surface area contributed by atoms with Crippen LogP contribution in [0.4, 0.5) is 0 Å². The molecular weight excluding hydrogens is 308 g/mol. The average Bonchev–Trinajstić information content (AvgIpc) is 2.59. The highest BCUT2D eigenvalue weighted by Crippen LogP contribution is 2.28. The Kier molecular flexibility index (Phi) is 5.63. The Balaban J connectivity index is 2.13. The van der Waals surface area contributed by atoms with Crippen LogP contribution in [-0.4, -0.2) is 30.2 Å². The first-order valence-corrected chi connectivity index (χ1v) is 7.19. The van der Waals surface area contributed by atoms with Gasteiger partial charge in [0.1, 0.15) is 17.1 Å². The normalized spacial score (nSPS) is 11.1. The first-order valence-electron chi connectivity index (χ1n) is 7.19. The molecule has 2 aromatic rings. The quantitative estimate of drug-likeness (QED) is 0.482. The van der Waals surface area contributed by atoms with Gasteiger partial charge in [-0.3, -0.25) is 4.79 Å². The van der Waals surface area contributed by atoms with Gasteiger partial charge in [-0.1, -0.05) is 30.4 Å². The summed E-state index contributed by atoms with van der Waals surface area (Å²) >= 11 is 0. The lowest BCUT2D eigenvalue weighted by atomic mass is 10.1. The summed E-state index contributed by atoms with van der Waals surface area (Å²) in [5, 5.41) is 19.4. The number of allylic oxidation sites excluding steroid dienone is 3. The Morgan fingerprint density at radius 2 is 1.71 bits per heavy atom. The Morgan fingerprint density at radius 1 is 0.958 bits per heavy atom. The van der Waals surface area contributed by atoms with Crippen molar-refractivity contribution < 1.29 is 24.5 Å². The molecule has 2 aromatic carbocycles. The second kappa shape index (κ2) is 7.87. The van der Waals surface area contributed by atoms with Gasteiger partial charge in [-0.15, -0.1) is 0 Å². The lowest BCUT2D eigenvalue weighted by Crippen LogP contribution is -1.99. The van der Waals surface area contributed by atoms with Crippen LogP contribution >= 0.6 is 0 Å². The standard InChI is InChI=1S/C19H18O5/c1-23-17-9-5-8-16(22)19(17)15(21)7-4-3-6-13-10-11-14(20)18(12-13)24-2/h3-12,20,22H,1-2H3/b6-3+,7-4+. The van der Waals surface area contributed by atoms with Gasteiger partial charge in [0.2, 0.25) is 0 Å². The van der Waals surface area contributed by atoms with Gasteiger partial charge in [0.25, 0.3) is 0 Å². The Bertz CT molecular complexity index is 790. The topological polar surface area (TPSA) is 76.0 Å². The maximum atomic E-state index is 12.2. The summed E-state index contributed by atoms with van der Waals surface area (Å²) in [7, 11) is 2.91. The zero-order chi connectivity index (χ0) is 17.5. The molecule has 0 aliphatic rings. The Hall–Kier alpha value is -3.21. The predicted molar refractivity (Wildman–Crippen MR) is 91.8 cm³/mol. The van der Waals surface area contributed by atoms with E-state index in [0.29, 0.717) is 11.5 Å². The molecule has 2 rings (SSSR count). The number of aromatic hydroxyl groups is 2. The number of benzene rings is 2. The molecule has 0 unspecified atom stereocenters. The fraction of sp³-hybridized carbons (Fsp3) is 0.105. The SMILES string of the molecule is COc1cc(/C=C/C=C/C(=O)c2c(O)cccc2OC)ccc1O. The van der Waals surface area contributed by atoms with Gasteiger partial charge in [0, 0.05) is 0 Å². The monoisotopic (exact) mass is 326 g/mol. The maximum Gasteiger partial charge on any atom is 0.193 e. The van der Waals surface area contributed by atoms with Crippen molar-refractivity contribution in [2.45, 2.75) is 0 Å². The molecule has 124 valence electrons. The molecule has 0 fully saturated rings. The number of hydrogen-bond acceptors (Lipinski definition) is 5. The highest BCUT2D eigenvalue weighted by atomic mass is 16.5. The van der Waals surface area contributed by atoms with Gasteiger partial charge >= 0.3 is 0 Å². The number of phenolic OH excluding ortho intramolecular Hbond substituents is 2. The van der Waals surface area contributed by atoms with Crippen LogP contribution in [0.1, 0.15) is 15.9 Å². The van der Waals surface area contributed by atoms with E-state index in [1.54, 1.807) is 42.5 Å². The summed E-state index contributed by atoms with van der Waals surface area (Å²) in [6.45, 7) is 0. The molecule has 0 aliphatic heterocycles. The summed E-state index contributed by atoms with van der Waals surface area (Å²) in [6.07, 6.45) is 6.34. The molecule has 2 N–H and O–H groups in total. The first kappa shape index (κ1) is 17.1. The van der Waals surface area contributed by atoms with Crippen LogP contribution in [0.2, 0.25) is 0 Å². The Labute approximate surface area is 140 Å². The van der Waals surface area contributed by atoms with Gasteiger partial charge in [-0.05, 0) is 35.9 Å². The van der Waals surface area contributed by atoms with Crippen molar-refractivity contribution in [2.75, 3.05) is 14.2 Å². The van der Waals surface area contributed by atoms with Crippen molar-refractivity contribution in [3.8, 4) is 23.0 Å². The molecule has 0 bridgehead atoms. The molecule has 0 amide bonds. The van der Waals surface area contributed by atoms with Gasteiger partial charge in [-0.25, -0.2) is 0 Å². The number of ether oxygens (including phenoxy) is 2. The largest absolute Gasteiger partial charge is 0.507 e. The van der Waals surface area contributed by atoms with Crippen LogP contribution in [0.3, 0.4) is 0 Å². The van der Waals surface area contributed by atoms with E-state index in [-0.39, 0.29) is 22.8 Å². The molecule has 0 aromatic heterocycles. The average molecular weight is 326 g/mol. The van der Waals surface area contributed by atoms with E-state index in [2.05, 4.69) is 0 Å². The summed E-state index contributed by atoms with van der Waals surface area (Å²) in [5.41, 5.74) is 0.929. The summed E-state index contributed by atoms with van der Waals surface area (Å²) in [4.78, 5) is 12.2.